The van der Waals surface area contributed by atoms with Crippen LogP contribution in [0.15, 0.2) is 23.3 Å². The average molecular weight is 432 g/mol. The van der Waals surface area contributed by atoms with E-state index in [0.29, 0.717) is 6.04 Å². The SMILES string of the molecule is CN=C(NCc1ccnc(N2CCN(C)CC2)c1)NC(C)C.I. The largest absolute Gasteiger partial charge is 0.354 e. The predicted octanol–water partition coefficient (Wildman–Crippen LogP) is 1.52. The summed E-state index contributed by atoms with van der Waals surface area (Å²) in [6.45, 7) is 9.21. The maximum absolute atomic E-state index is 4.52. The number of pyridine rings is 1. The summed E-state index contributed by atoms with van der Waals surface area (Å²) in [5, 5.41) is 6.63. The molecule has 0 spiro atoms. The van der Waals surface area contributed by atoms with Crippen LogP contribution in [0.5, 0.6) is 0 Å². The fourth-order valence-electron chi connectivity index (χ4n) is 2.43. The maximum atomic E-state index is 4.52. The molecule has 0 saturated carbocycles. The smallest absolute Gasteiger partial charge is 0.191 e. The molecule has 2 N–H and O–H groups in total. The van der Waals surface area contributed by atoms with Gasteiger partial charge in [0.25, 0.3) is 0 Å². The maximum Gasteiger partial charge on any atom is 0.191 e. The number of anilines is 1. The molecule has 0 aliphatic carbocycles. The standard InChI is InChI=1S/C16H28N6.HI/c1-13(2)20-16(17-3)19-12-14-5-6-18-15(11-14)22-9-7-21(4)8-10-22;/h5-6,11,13H,7-10,12H2,1-4H3,(H2,17,19,20);1H. The lowest BCUT2D eigenvalue weighted by Crippen LogP contribution is -2.44. The van der Waals surface area contributed by atoms with Gasteiger partial charge in [0.2, 0.25) is 0 Å². The van der Waals surface area contributed by atoms with Crippen LogP contribution in [0, 0.1) is 0 Å². The molecule has 0 unspecified atom stereocenters. The molecule has 7 heteroatoms. The Balaban J connectivity index is 0.00000264. The summed E-state index contributed by atoms with van der Waals surface area (Å²) < 4.78 is 0. The van der Waals surface area contributed by atoms with Crippen LogP contribution in [0.1, 0.15) is 19.4 Å². The molecule has 6 nitrogen and oxygen atoms in total. The van der Waals surface area contributed by atoms with Crippen molar-refractivity contribution in [2.75, 3.05) is 45.2 Å². The molecule has 1 aliphatic rings. The van der Waals surface area contributed by atoms with E-state index in [0.717, 1.165) is 44.5 Å². The zero-order valence-corrected chi connectivity index (χ0v) is 16.9. The number of hydrogen-bond acceptors (Lipinski definition) is 4. The minimum atomic E-state index is 0. The zero-order chi connectivity index (χ0) is 15.9. The normalized spacial score (nSPS) is 16.2. The van der Waals surface area contributed by atoms with Gasteiger partial charge in [0, 0.05) is 52.0 Å². The Bertz CT molecular complexity index is 497. The fraction of sp³-hybridized carbons (Fsp3) is 0.625. The molecule has 130 valence electrons. The van der Waals surface area contributed by atoms with Crippen molar-refractivity contribution < 1.29 is 0 Å². The highest BCUT2D eigenvalue weighted by Gasteiger charge is 2.15. The van der Waals surface area contributed by atoms with E-state index in [2.05, 4.69) is 63.4 Å². The summed E-state index contributed by atoms with van der Waals surface area (Å²) in [6, 6.07) is 4.58. The number of aliphatic imine (C=N–C) groups is 1. The van der Waals surface area contributed by atoms with Gasteiger partial charge in [0.1, 0.15) is 5.82 Å². The molecule has 0 radical (unpaired) electrons. The lowest BCUT2D eigenvalue weighted by atomic mass is 10.2. The second-order valence-electron chi connectivity index (χ2n) is 6.04. The van der Waals surface area contributed by atoms with E-state index in [9.17, 15) is 0 Å². The highest BCUT2D eigenvalue weighted by Crippen LogP contribution is 2.14. The summed E-state index contributed by atoms with van der Waals surface area (Å²) in [5.74, 6) is 1.90. The molecule has 1 aliphatic heterocycles. The highest BCUT2D eigenvalue weighted by atomic mass is 127. The van der Waals surface area contributed by atoms with Crippen LogP contribution in [0.2, 0.25) is 0 Å². The summed E-state index contributed by atoms with van der Waals surface area (Å²) >= 11 is 0. The van der Waals surface area contributed by atoms with Gasteiger partial charge >= 0.3 is 0 Å². The van der Waals surface area contributed by atoms with Gasteiger partial charge in [-0.25, -0.2) is 4.98 Å². The minimum Gasteiger partial charge on any atom is -0.354 e. The molecule has 1 fully saturated rings. The van der Waals surface area contributed by atoms with Crippen LogP contribution in [-0.2, 0) is 6.54 Å². The van der Waals surface area contributed by atoms with Crippen LogP contribution < -0.4 is 15.5 Å². The van der Waals surface area contributed by atoms with Crippen LogP contribution in [0.4, 0.5) is 5.82 Å². The van der Waals surface area contributed by atoms with Crippen molar-refractivity contribution in [2.24, 2.45) is 4.99 Å². The monoisotopic (exact) mass is 432 g/mol. The quantitative estimate of drug-likeness (QED) is 0.430. The average Bonchev–Trinajstić information content (AvgIpc) is 2.52. The van der Waals surface area contributed by atoms with Crippen LogP contribution in [0.3, 0.4) is 0 Å². The molecule has 0 bridgehead atoms. The molecule has 2 heterocycles. The van der Waals surface area contributed by atoms with Crippen molar-refractivity contribution in [1.82, 2.24) is 20.5 Å². The molecular formula is C16H29IN6. The van der Waals surface area contributed by atoms with Crippen molar-refractivity contribution >= 4 is 35.8 Å². The Morgan fingerprint density at radius 2 is 2.00 bits per heavy atom. The Morgan fingerprint density at radius 1 is 1.30 bits per heavy atom. The first-order valence-corrected chi connectivity index (χ1v) is 7.94. The Morgan fingerprint density at radius 3 is 2.61 bits per heavy atom. The van der Waals surface area contributed by atoms with Crippen molar-refractivity contribution in [3.8, 4) is 0 Å². The molecule has 0 aromatic carbocycles. The zero-order valence-electron chi connectivity index (χ0n) is 14.5. The second kappa shape index (κ2) is 9.92. The molecular weight excluding hydrogens is 403 g/mol. The van der Waals surface area contributed by atoms with E-state index in [1.165, 1.54) is 5.56 Å². The van der Waals surface area contributed by atoms with Crippen LogP contribution in [-0.4, -0.2) is 62.2 Å². The molecule has 0 amide bonds. The van der Waals surface area contributed by atoms with Crippen molar-refractivity contribution in [3.05, 3.63) is 23.9 Å². The predicted molar refractivity (Wildman–Crippen MR) is 108 cm³/mol. The van der Waals surface area contributed by atoms with Crippen molar-refractivity contribution in [1.29, 1.82) is 0 Å². The van der Waals surface area contributed by atoms with Crippen LogP contribution in [0.25, 0.3) is 0 Å². The van der Waals surface area contributed by atoms with Gasteiger partial charge in [-0.3, -0.25) is 4.99 Å². The number of hydrogen-bond donors (Lipinski definition) is 2. The molecule has 1 aromatic heterocycles. The number of halogens is 1. The molecule has 1 aromatic rings. The molecule has 0 atom stereocenters. The fourth-order valence-corrected chi connectivity index (χ4v) is 2.43. The lowest BCUT2D eigenvalue weighted by Gasteiger charge is -2.33. The van der Waals surface area contributed by atoms with Gasteiger partial charge in [0.15, 0.2) is 5.96 Å². The third-order valence-corrected chi connectivity index (χ3v) is 3.75. The first-order chi connectivity index (χ1) is 10.6. The summed E-state index contributed by atoms with van der Waals surface area (Å²) in [7, 11) is 3.96. The van der Waals surface area contributed by atoms with Crippen LogP contribution >= 0.6 is 24.0 Å². The number of piperazine rings is 1. The number of rotatable bonds is 4. The third-order valence-electron chi connectivity index (χ3n) is 3.75. The van der Waals surface area contributed by atoms with E-state index < -0.39 is 0 Å². The highest BCUT2D eigenvalue weighted by molar-refractivity contribution is 14.0. The molecule has 1 saturated heterocycles. The first-order valence-electron chi connectivity index (χ1n) is 7.94. The number of nitrogens with one attached hydrogen (secondary N) is 2. The van der Waals surface area contributed by atoms with Gasteiger partial charge in [0.05, 0.1) is 0 Å². The summed E-state index contributed by atoms with van der Waals surface area (Å²) in [4.78, 5) is 13.4. The number of nitrogens with zero attached hydrogens (tertiary/aromatic N) is 4. The number of aromatic nitrogens is 1. The minimum absolute atomic E-state index is 0. The van der Waals surface area contributed by atoms with Gasteiger partial charge in [-0.05, 0) is 38.6 Å². The Hall–Kier alpha value is -1.09. The van der Waals surface area contributed by atoms with Gasteiger partial charge in [-0.2, -0.15) is 0 Å². The topological polar surface area (TPSA) is 55.8 Å². The van der Waals surface area contributed by atoms with Gasteiger partial charge in [-0.1, -0.05) is 0 Å². The van der Waals surface area contributed by atoms with E-state index in [-0.39, 0.29) is 24.0 Å². The first kappa shape index (κ1) is 20.0. The van der Waals surface area contributed by atoms with Gasteiger partial charge < -0.3 is 20.4 Å². The van der Waals surface area contributed by atoms with E-state index in [1.54, 1.807) is 7.05 Å². The Labute approximate surface area is 156 Å². The van der Waals surface area contributed by atoms with Crippen molar-refractivity contribution in [2.45, 2.75) is 26.4 Å². The number of likely N-dealkylation sites (N-methyl/N-ethyl adjacent to an activating group) is 1. The molecule has 2 rings (SSSR count). The lowest BCUT2D eigenvalue weighted by molar-refractivity contribution is 0.312. The summed E-state index contributed by atoms with van der Waals surface area (Å²) in [6.07, 6.45) is 1.89. The third kappa shape index (κ3) is 6.50. The van der Waals surface area contributed by atoms with Crippen molar-refractivity contribution in [3.63, 3.8) is 0 Å². The second-order valence-corrected chi connectivity index (χ2v) is 6.04. The number of guanidine groups is 1. The van der Waals surface area contributed by atoms with E-state index in [1.807, 2.05) is 6.20 Å². The Kier molecular flexibility index (Phi) is 8.60. The van der Waals surface area contributed by atoms with Gasteiger partial charge in [-0.15, -0.1) is 24.0 Å². The molecule has 23 heavy (non-hydrogen) atoms. The van der Waals surface area contributed by atoms with E-state index >= 15 is 0 Å². The van der Waals surface area contributed by atoms with E-state index in [4.69, 9.17) is 0 Å². The summed E-state index contributed by atoms with van der Waals surface area (Å²) in [5.41, 5.74) is 1.22.